The van der Waals surface area contributed by atoms with E-state index >= 15 is 0 Å². The molecule has 6 heteroatoms. The van der Waals surface area contributed by atoms with Crippen LogP contribution < -0.4 is 11.1 Å². The molecule has 6 nitrogen and oxygen atoms in total. The molecule has 0 spiro atoms. The Morgan fingerprint density at radius 3 is 2.33 bits per heavy atom. The fourth-order valence-corrected chi connectivity index (χ4v) is 10.2. The first-order valence-corrected chi connectivity index (χ1v) is 16.7. The highest BCUT2D eigenvalue weighted by Crippen LogP contribution is 2.67. The normalized spacial score (nSPS) is 37.1. The van der Waals surface area contributed by atoms with Crippen molar-refractivity contribution in [1.82, 2.24) is 5.32 Å². The first-order chi connectivity index (χ1) is 19.9. The van der Waals surface area contributed by atoms with Gasteiger partial charge in [-0.2, -0.15) is 0 Å². The fourth-order valence-electron chi connectivity index (χ4n) is 10.2. The van der Waals surface area contributed by atoms with Crippen molar-refractivity contribution in [3.8, 4) is 0 Å². The van der Waals surface area contributed by atoms with Crippen LogP contribution in [-0.2, 0) is 25.5 Å². The lowest BCUT2D eigenvalue weighted by Gasteiger charge is -2.61. The molecule has 4 aliphatic carbocycles. The number of rotatable bonds is 9. The van der Waals surface area contributed by atoms with E-state index in [1.54, 1.807) is 6.92 Å². The first-order valence-electron chi connectivity index (χ1n) is 16.7. The zero-order valence-corrected chi connectivity index (χ0v) is 26.6. The highest BCUT2D eigenvalue weighted by molar-refractivity contribution is 5.87. The summed E-state index contributed by atoms with van der Waals surface area (Å²) >= 11 is 0. The summed E-state index contributed by atoms with van der Waals surface area (Å²) in [5, 5.41) is 2.93. The number of carbonyl (C=O) groups is 3. The molecule has 0 unspecified atom stereocenters. The second-order valence-corrected chi connectivity index (χ2v) is 15.3. The van der Waals surface area contributed by atoms with E-state index in [-0.39, 0.29) is 34.7 Å². The summed E-state index contributed by atoms with van der Waals surface area (Å²) < 4.78 is 6.21. The number of amides is 1. The number of nitrogens with one attached hydrogen (secondary N) is 1. The van der Waals surface area contributed by atoms with Gasteiger partial charge in [0.1, 0.15) is 17.9 Å². The maximum absolute atomic E-state index is 13.6. The quantitative estimate of drug-likeness (QED) is 0.338. The first kappa shape index (κ1) is 31.2. The number of ether oxygens (including phenoxy) is 1. The lowest BCUT2D eigenvalue weighted by molar-refractivity contribution is -0.165. The third kappa shape index (κ3) is 6.07. The molecule has 10 atom stereocenters. The van der Waals surface area contributed by atoms with Gasteiger partial charge in [-0.3, -0.25) is 9.59 Å². The van der Waals surface area contributed by atoms with Gasteiger partial charge in [0.15, 0.2) is 0 Å². The third-order valence-corrected chi connectivity index (χ3v) is 12.3. The van der Waals surface area contributed by atoms with E-state index in [0.717, 1.165) is 31.2 Å². The SMILES string of the molecule is CC(=O)[C@H]1CC[C@H]2[C@@H]3CC[C@H]4C[C@H](OC(=O)[C@H](Cc5ccccc5)NC(=O)[C@@H](N)CC(C)C)CC[C@]4(C)[C@H]3CC[C@]12C. The number of nitrogens with two attached hydrogens (primary N) is 1. The number of fused-ring (bicyclic) bond motifs is 5. The topological polar surface area (TPSA) is 98.5 Å². The Hall–Kier alpha value is -2.21. The van der Waals surface area contributed by atoms with Gasteiger partial charge in [0.25, 0.3) is 0 Å². The fraction of sp³-hybridized carbons (Fsp3) is 0.750. The highest BCUT2D eigenvalue weighted by Gasteiger charge is 2.61. The second kappa shape index (κ2) is 12.4. The van der Waals surface area contributed by atoms with Gasteiger partial charge >= 0.3 is 5.97 Å². The molecule has 0 aliphatic heterocycles. The van der Waals surface area contributed by atoms with Gasteiger partial charge in [-0.1, -0.05) is 58.0 Å². The summed E-state index contributed by atoms with van der Waals surface area (Å²) in [6, 6.07) is 8.39. The largest absolute Gasteiger partial charge is 0.461 e. The van der Waals surface area contributed by atoms with Crippen molar-refractivity contribution in [1.29, 1.82) is 0 Å². The van der Waals surface area contributed by atoms with Crippen LogP contribution in [0.5, 0.6) is 0 Å². The molecule has 4 saturated carbocycles. The Balaban J connectivity index is 1.24. The van der Waals surface area contributed by atoms with Crippen LogP contribution in [0.4, 0.5) is 0 Å². The van der Waals surface area contributed by atoms with Gasteiger partial charge in [0.05, 0.1) is 6.04 Å². The number of Topliss-reactive ketones (excluding diaryl/α,β-unsaturated/α-hetero) is 1. The molecule has 5 rings (SSSR count). The molecule has 0 saturated heterocycles. The van der Waals surface area contributed by atoms with Crippen LogP contribution in [0, 0.1) is 46.3 Å². The molecule has 1 aromatic rings. The van der Waals surface area contributed by atoms with Crippen molar-refractivity contribution in [3.05, 3.63) is 35.9 Å². The van der Waals surface area contributed by atoms with Crippen molar-refractivity contribution in [2.45, 2.75) is 123 Å². The maximum Gasteiger partial charge on any atom is 0.329 e. The second-order valence-electron chi connectivity index (χ2n) is 15.3. The van der Waals surface area contributed by atoms with E-state index in [1.807, 2.05) is 44.2 Å². The van der Waals surface area contributed by atoms with Crippen molar-refractivity contribution < 1.29 is 19.1 Å². The van der Waals surface area contributed by atoms with Gasteiger partial charge in [-0.25, -0.2) is 4.79 Å². The van der Waals surface area contributed by atoms with E-state index in [9.17, 15) is 14.4 Å². The highest BCUT2D eigenvalue weighted by atomic mass is 16.5. The molecule has 0 aromatic heterocycles. The molecule has 4 aliphatic rings. The Kier molecular flexibility index (Phi) is 9.23. The average Bonchev–Trinajstić information content (AvgIpc) is 3.30. The van der Waals surface area contributed by atoms with E-state index < -0.39 is 12.1 Å². The summed E-state index contributed by atoms with van der Waals surface area (Å²) in [5.41, 5.74) is 7.59. The summed E-state index contributed by atoms with van der Waals surface area (Å²) in [6.07, 6.45) is 10.8. The maximum atomic E-state index is 13.6. The van der Waals surface area contributed by atoms with E-state index in [2.05, 4.69) is 19.2 Å². The molecule has 0 bridgehead atoms. The van der Waals surface area contributed by atoms with Crippen LogP contribution in [0.15, 0.2) is 30.3 Å². The summed E-state index contributed by atoms with van der Waals surface area (Å²) in [6.45, 7) is 10.8. The van der Waals surface area contributed by atoms with Crippen molar-refractivity contribution in [2.24, 2.45) is 52.1 Å². The van der Waals surface area contributed by atoms with Crippen LogP contribution in [0.1, 0.15) is 104 Å². The van der Waals surface area contributed by atoms with Crippen LogP contribution in [0.3, 0.4) is 0 Å². The predicted octanol–water partition coefficient (Wildman–Crippen LogP) is 6.25. The number of hydrogen-bond acceptors (Lipinski definition) is 5. The molecule has 0 heterocycles. The summed E-state index contributed by atoms with van der Waals surface area (Å²) in [4.78, 5) is 39.0. The standard InChI is InChI=1S/C36H54N2O4/c1-22(2)19-31(37)33(40)38-32(20-24-9-7-6-8-10-24)34(41)42-26-15-17-35(4)25(21-26)11-12-27-29-14-13-28(23(3)39)36(29,5)18-16-30(27)35/h6-10,22,25-32H,11-21,37H2,1-5H3,(H,38,40)/t25-,26+,27-,28+,29-,30-,31-,32-,35-,36+/m0/s1. The van der Waals surface area contributed by atoms with E-state index in [4.69, 9.17) is 10.5 Å². The average molecular weight is 579 g/mol. The minimum Gasteiger partial charge on any atom is -0.461 e. The Morgan fingerprint density at radius 1 is 0.952 bits per heavy atom. The molecular weight excluding hydrogens is 524 g/mol. The summed E-state index contributed by atoms with van der Waals surface area (Å²) in [7, 11) is 0. The van der Waals surface area contributed by atoms with E-state index in [1.165, 1.54) is 32.1 Å². The lowest BCUT2D eigenvalue weighted by atomic mass is 9.44. The third-order valence-electron chi connectivity index (χ3n) is 12.3. The monoisotopic (exact) mass is 578 g/mol. The minimum absolute atomic E-state index is 0.117. The molecule has 232 valence electrons. The number of esters is 1. The Morgan fingerprint density at radius 2 is 1.64 bits per heavy atom. The Labute approximate surface area is 253 Å². The number of carbonyl (C=O) groups excluding carboxylic acids is 3. The van der Waals surface area contributed by atoms with Crippen molar-refractivity contribution in [2.75, 3.05) is 0 Å². The molecule has 42 heavy (non-hydrogen) atoms. The minimum atomic E-state index is -0.755. The Bertz CT molecular complexity index is 1140. The molecular formula is C36H54N2O4. The van der Waals surface area contributed by atoms with Gasteiger partial charge in [0, 0.05) is 12.3 Å². The molecule has 1 amide bonds. The lowest BCUT2D eigenvalue weighted by Crippen LogP contribution is -2.55. The molecule has 4 fully saturated rings. The van der Waals surface area contributed by atoms with Crippen LogP contribution in [0.2, 0.25) is 0 Å². The number of benzene rings is 1. The van der Waals surface area contributed by atoms with Crippen molar-refractivity contribution in [3.63, 3.8) is 0 Å². The number of ketones is 1. The number of hydrogen-bond donors (Lipinski definition) is 2. The molecule has 3 N–H and O–H groups in total. The van der Waals surface area contributed by atoms with Gasteiger partial charge < -0.3 is 15.8 Å². The van der Waals surface area contributed by atoms with Crippen LogP contribution in [0.25, 0.3) is 0 Å². The zero-order chi connectivity index (χ0) is 30.2. The molecule has 1 aromatic carbocycles. The summed E-state index contributed by atoms with van der Waals surface area (Å²) in [5.74, 6) is 2.92. The van der Waals surface area contributed by atoms with Gasteiger partial charge in [-0.05, 0) is 117 Å². The molecule has 0 radical (unpaired) electrons. The predicted molar refractivity (Wildman–Crippen MR) is 165 cm³/mol. The van der Waals surface area contributed by atoms with Gasteiger partial charge in [-0.15, -0.1) is 0 Å². The van der Waals surface area contributed by atoms with Crippen LogP contribution in [-0.4, -0.2) is 35.8 Å². The van der Waals surface area contributed by atoms with Crippen LogP contribution >= 0.6 is 0 Å². The van der Waals surface area contributed by atoms with Gasteiger partial charge in [0.2, 0.25) is 5.91 Å². The van der Waals surface area contributed by atoms with E-state index in [0.29, 0.717) is 48.2 Å². The smallest absolute Gasteiger partial charge is 0.329 e. The zero-order valence-electron chi connectivity index (χ0n) is 26.6. The van der Waals surface area contributed by atoms with Crippen molar-refractivity contribution >= 4 is 17.7 Å².